The number of aryl methyl sites for hydroxylation is 1. The second kappa shape index (κ2) is 6.17. The molecule has 1 aromatic carbocycles. The quantitative estimate of drug-likeness (QED) is 0.874. The summed E-state index contributed by atoms with van der Waals surface area (Å²) in [5.74, 6) is 0. The topological polar surface area (TPSA) is 34.1 Å². The molecule has 1 N–H and O–H groups in total. The van der Waals surface area contributed by atoms with E-state index >= 15 is 0 Å². The molecule has 2 rings (SSSR count). The van der Waals surface area contributed by atoms with E-state index in [-0.39, 0.29) is 0 Å². The molecule has 18 heavy (non-hydrogen) atoms. The highest BCUT2D eigenvalue weighted by Crippen LogP contribution is 2.16. The number of rotatable bonds is 5. The van der Waals surface area contributed by atoms with E-state index in [2.05, 4.69) is 22.4 Å². The molecule has 0 radical (unpaired) electrons. The second-order valence-corrected chi connectivity index (χ2v) is 4.21. The van der Waals surface area contributed by atoms with Crippen LogP contribution in [0.4, 0.5) is 5.69 Å². The van der Waals surface area contributed by atoms with E-state index in [1.54, 1.807) is 7.11 Å². The summed E-state index contributed by atoms with van der Waals surface area (Å²) in [5, 5.41) is 3.40. The number of ether oxygens (including phenoxy) is 1. The summed E-state index contributed by atoms with van der Waals surface area (Å²) in [5.41, 5.74) is 4.34. The van der Waals surface area contributed by atoms with Crippen LogP contribution in [-0.2, 0) is 17.9 Å². The normalized spacial score (nSPS) is 10.3. The third-order valence-corrected chi connectivity index (χ3v) is 2.72. The van der Waals surface area contributed by atoms with Crippen molar-refractivity contribution in [3.63, 3.8) is 0 Å². The molecule has 94 valence electrons. The maximum absolute atomic E-state index is 5.18. The van der Waals surface area contributed by atoms with Crippen LogP contribution in [0.1, 0.15) is 17.0 Å². The average Bonchev–Trinajstić information content (AvgIpc) is 2.38. The highest BCUT2D eigenvalue weighted by atomic mass is 16.5. The van der Waals surface area contributed by atoms with Gasteiger partial charge in [0.1, 0.15) is 0 Å². The summed E-state index contributed by atoms with van der Waals surface area (Å²) in [4.78, 5) is 4.47. The zero-order valence-corrected chi connectivity index (χ0v) is 10.8. The number of hydrogen-bond donors (Lipinski definition) is 1. The van der Waals surface area contributed by atoms with Crippen molar-refractivity contribution in [2.24, 2.45) is 0 Å². The molecule has 0 fully saturated rings. The van der Waals surface area contributed by atoms with Crippen molar-refractivity contribution in [2.45, 2.75) is 20.1 Å². The van der Waals surface area contributed by atoms with E-state index in [4.69, 9.17) is 4.74 Å². The van der Waals surface area contributed by atoms with Crippen molar-refractivity contribution in [3.05, 3.63) is 59.4 Å². The van der Waals surface area contributed by atoms with Crippen molar-refractivity contribution >= 4 is 5.69 Å². The highest BCUT2D eigenvalue weighted by Gasteiger charge is 2.01. The van der Waals surface area contributed by atoms with E-state index in [0.29, 0.717) is 6.61 Å². The van der Waals surface area contributed by atoms with Gasteiger partial charge in [0.2, 0.25) is 0 Å². The third kappa shape index (κ3) is 3.31. The summed E-state index contributed by atoms with van der Waals surface area (Å²) >= 11 is 0. The standard InChI is InChI=1S/C15H18N2O/c1-12-6-5-8-14(17-12)10-16-15-9-4-3-7-13(15)11-18-2/h3-9,16H,10-11H2,1-2H3. The predicted octanol–water partition coefficient (Wildman–Crippen LogP) is 3.15. The Bertz CT molecular complexity index is 511. The van der Waals surface area contributed by atoms with Crippen LogP contribution in [0.2, 0.25) is 0 Å². The van der Waals surface area contributed by atoms with Crippen LogP contribution in [0.15, 0.2) is 42.5 Å². The van der Waals surface area contributed by atoms with Crippen LogP contribution >= 0.6 is 0 Å². The first-order valence-corrected chi connectivity index (χ1v) is 6.03. The Balaban J connectivity index is 2.06. The van der Waals surface area contributed by atoms with Gasteiger partial charge in [0.25, 0.3) is 0 Å². The molecule has 0 amide bonds. The summed E-state index contributed by atoms with van der Waals surface area (Å²) in [6.45, 7) is 3.34. The summed E-state index contributed by atoms with van der Waals surface area (Å²) in [7, 11) is 1.71. The Morgan fingerprint density at radius 1 is 1.11 bits per heavy atom. The van der Waals surface area contributed by atoms with Gasteiger partial charge in [-0.15, -0.1) is 0 Å². The molecule has 3 heteroatoms. The third-order valence-electron chi connectivity index (χ3n) is 2.72. The Morgan fingerprint density at radius 3 is 2.72 bits per heavy atom. The van der Waals surface area contributed by atoms with Crippen LogP contribution in [-0.4, -0.2) is 12.1 Å². The number of aromatic nitrogens is 1. The van der Waals surface area contributed by atoms with Crippen molar-refractivity contribution in [3.8, 4) is 0 Å². The summed E-state index contributed by atoms with van der Waals surface area (Å²) in [6, 6.07) is 14.2. The Morgan fingerprint density at radius 2 is 1.94 bits per heavy atom. The van der Waals surface area contributed by atoms with Crippen molar-refractivity contribution in [1.29, 1.82) is 0 Å². The van der Waals surface area contributed by atoms with Crippen LogP contribution in [0.25, 0.3) is 0 Å². The Labute approximate surface area is 108 Å². The molecule has 0 unspecified atom stereocenters. The molecular weight excluding hydrogens is 224 g/mol. The first kappa shape index (κ1) is 12.6. The molecule has 0 aliphatic carbocycles. The van der Waals surface area contributed by atoms with Gasteiger partial charge >= 0.3 is 0 Å². The largest absolute Gasteiger partial charge is 0.380 e. The van der Waals surface area contributed by atoms with Gasteiger partial charge in [-0.2, -0.15) is 0 Å². The maximum Gasteiger partial charge on any atom is 0.0733 e. The fourth-order valence-corrected chi connectivity index (χ4v) is 1.86. The molecule has 0 bridgehead atoms. The second-order valence-electron chi connectivity index (χ2n) is 4.21. The lowest BCUT2D eigenvalue weighted by molar-refractivity contribution is 0.185. The number of nitrogens with zero attached hydrogens (tertiary/aromatic N) is 1. The molecule has 0 aliphatic rings. The number of nitrogens with one attached hydrogen (secondary N) is 1. The molecule has 0 saturated heterocycles. The van der Waals surface area contributed by atoms with Gasteiger partial charge < -0.3 is 10.1 Å². The lowest BCUT2D eigenvalue weighted by Crippen LogP contribution is -2.04. The molecule has 0 aliphatic heterocycles. The van der Waals surface area contributed by atoms with E-state index < -0.39 is 0 Å². The number of pyridine rings is 1. The van der Waals surface area contributed by atoms with Gasteiger partial charge in [0, 0.05) is 24.1 Å². The molecule has 0 spiro atoms. The van der Waals surface area contributed by atoms with Gasteiger partial charge in [-0.25, -0.2) is 0 Å². The fraction of sp³-hybridized carbons (Fsp3) is 0.267. The Kier molecular flexibility index (Phi) is 4.31. The number of benzene rings is 1. The molecule has 3 nitrogen and oxygen atoms in total. The lowest BCUT2D eigenvalue weighted by atomic mass is 10.2. The Hall–Kier alpha value is -1.87. The summed E-state index contributed by atoms with van der Waals surface area (Å²) in [6.07, 6.45) is 0. The van der Waals surface area contributed by atoms with Gasteiger partial charge in [-0.3, -0.25) is 4.98 Å². The van der Waals surface area contributed by atoms with Gasteiger partial charge in [-0.05, 0) is 25.1 Å². The van der Waals surface area contributed by atoms with E-state index in [0.717, 1.165) is 29.2 Å². The highest BCUT2D eigenvalue weighted by molar-refractivity contribution is 5.50. The predicted molar refractivity (Wildman–Crippen MR) is 73.5 cm³/mol. The van der Waals surface area contributed by atoms with Crippen LogP contribution < -0.4 is 5.32 Å². The monoisotopic (exact) mass is 242 g/mol. The maximum atomic E-state index is 5.18. The average molecular weight is 242 g/mol. The molecule has 0 atom stereocenters. The molecule has 2 aromatic rings. The number of anilines is 1. The summed E-state index contributed by atoms with van der Waals surface area (Å²) < 4.78 is 5.18. The van der Waals surface area contributed by atoms with Gasteiger partial charge in [0.05, 0.1) is 18.8 Å². The minimum Gasteiger partial charge on any atom is -0.380 e. The molecular formula is C15H18N2O. The van der Waals surface area contributed by atoms with E-state index in [1.165, 1.54) is 0 Å². The SMILES string of the molecule is COCc1ccccc1NCc1cccc(C)n1. The number of hydrogen-bond acceptors (Lipinski definition) is 3. The van der Waals surface area contributed by atoms with E-state index in [9.17, 15) is 0 Å². The van der Waals surface area contributed by atoms with E-state index in [1.807, 2.05) is 37.3 Å². The minimum atomic E-state index is 0.615. The number of methoxy groups -OCH3 is 1. The van der Waals surface area contributed by atoms with Crippen LogP contribution in [0.5, 0.6) is 0 Å². The first-order chi connectivity index (χ1) is 8.79. The van der Waals surface area contributed by atoms with Crippen LogP contribution in [0, 0.1) is 6.92 Å². The molecule has 1 aromatic heterocycles. The lowest BCUT2D eigenvalue weighted by Gasteiger charge is -2.11. The number of para-hydroxylation sites is 1. The van der Waals surface area contributed by atoms with Crippen molar-refractivity contribution < 1.29 is 4.74 Å². The van der Waals surface area contributed by atoms with Gasteiger partial charge in [0.15, 0.2) is 0 Å². The minimum absolute atomic E-state index is 0.615. The van der Waals surface area contributed by atoms with Crippen LogP contribution in [0.3, 0.4) is 0 Å². The zero-order valence-electron chi connectivity index (χ0n) is 10.8. The van der Waals surface area contributed by atoms with Crippen molar-refractivity contribution in [2.75, 3.05) is 12.4 Å². The van der Waals surface area contributed by atoms with Crippen molar-refractivity contribution in [1.82, 2.24) is 4.98 Å². The molecule has 1 heterocycles. The fourth-order valence-electron chi connectivity index (χ4n) is 1.86. The first-order valence-electron chi connectivity index (χ1n) is 6.03. The smallest absolute Gasteiger partial charge is 0.0733 e. The zero-order chi connectivity index (χ0) is 12.8. The van der Waals surface area contributed by atoms with Gasteiger partial charge in [-0.1, -0.05) is 24.3 Å². The molecule has 0 saturated carbocycles.